The van der Waals surface area contributed by atoms with Gasteiger partial charge < -0.3 is 9.80 Å². The van der Waals surface area contributed by atoms with E-state index in [1.807, 2.05) is 7.05 Å². The van der Waals surface area contributed by atoms with Gasteiger partial charge in [0.1, 0.15) is 0 Å². The molecule has 1 aliphatic heterocycles. The summed E-state index contributed by atoms with van der Waals surface area (Å²) in [5, 5.41) is 0.730. The molecule has 2 aromatic carbocycles. The number of anilines is 1. The molecule has 1 aliphatic rings. The Morgan fingerprint density at radius 3 is 2.26 bits per heavy atom. The third kappa shape index (κ3) is 4.73. The van der Waals surface area contributed by atoms with E-state index in [1.54, 1.807) is 29.2 Å². The average molecular weight is 428 g/mol. The quantitative estimate of drug-likeness (QED) is 0.812. The number of nitrogens with zero attached hydrogens (tertiary/aromatic N) is 2. The number of hydrogen-bond donors (Lipinski definition) is 1. The third-order valence-electron chi connectivity index (χ3n) is 4.37. The van der Waals surface area contributed by atoms with Crippen LogP contribution in [0.5, 0.6) is 0 Å². The van der Waals surface area contributed by atoms with Crippen molar-refractivity contribution in [3.05, 3.63) is 58.1 Å². The Bertz CT molecular complexity index is 941. The number of nitrogens with one attached hydrogen (secondary N) is 1. The van der Waals surface area contributed by atoms with Crippen LogP contribution >= 0.6 is 23.2 Å². The maximum Gasteiger partial charge on any atom is 0.261 e. The molecule has 144 valence electrons. The minimum atomic E-state index is -3.87. The van der Waals surface area contributed by atoms with Crippen LogP contribution in [-0.2, 0) is 10.0 Å². The normalized spacial score (nSPS) is 15.6. The van der Waals surface area contributed by atoms with E-state index in [2.05, 4.69) is 9.62 Å². The Labute approximate surface area is 168 Å². The van der Waals surface area contributed by atoms with Crippen molar-refractivity contribution >= 4 is 44.8 Å². The summed E-state index contributed by atoms with van der Waals surface area (Å²) in [6, 6.07) is 10.4. The van der Waals surface area contributed by atoms with E-state index < -0.39 is 10.0 Å². The SMILES string of the molecule is CN1CCN(C(=O)c2cc(S(=O)(=O)Nc3ccc(Cl)cc3)ccc2Cl)CC1. The second-order valence-corrected chi connectivity index (χ2v) is 8.88. The molecule has 0 aliphatic carbocycles. The van der Waals surface area contributed by atoms with Gasteiger partial charge in [0.2, 0.25) is 0 Å². The second-order valence-electron chi connectivity index (χ2n) is 6.35. The van der Waals surface area contributed by atoms with Crippen molar-refractivity contribution < 1.29 is 13.2 Å². The standard InChI is InChI=1S/C18H19Cl2N3O3S/c1-22-8-10-23(11-9-22)18(24)16-12-15(6-7-17(16)20)27(25,26)21-14-4-2-13(19)3-5-14/h2-7,12,21H,8-11H2,1H3. The molecule has 0 saturated carbocycles. The van der Waals surface area contributed by atoms with E-state index in [0.29, 0.717) is 23.8 Å². The fraction of sp³-hybridized carbons (Fsp3) is 0.278. The maximum absolute atomic E-state index is 12.8. The van der Waals surface area contributed by atoms with Crippen molar-refractivity contribution in [2.24, 2.45) is 0 Å². The molecule has 1 N–H and O–H groups in total. The van der Waals surface area contributed by atoms with Crippen LogP contribution in [0.25, 0.3) is 0 Å². The first-order valence-corrected chi connectivity index (χ1v) is 10.6. The molecule has 9 heteroatoms. The summed E-state index contributed by atoms with van der Waals surface area (Å²) in [4.78, 5) is 16.6. The molecule has 1 amide bonds. The van der Waals surface area contributed by atoms with Crippen molar-refractivity contribution in [2.75, 3.05) is 37.9 Å². The maximum atomic E-state index is 12.8. The van der Waals surface area contributed by atoms with Crippen LogP contribution in [0, 0.1) is 0 Å². The molecule has 1 heterocycles. The minimum absolute atomic E-state index is 0.0284. The number of amides is 1. The lowest BCUT2D eigenvalue weighted by Crippen LogP contribution is -2.47. The molecule has 0 spiro atoms. The number of benzene rings is 2. The highest BCUT2D eigenvalue weighted by atomic mass is 35.5. The average Bonchev–Trinajstić information content (AvgIpc) is 2.64. The highest BCUT2D eigenvalue weighted by molar-refractivity contribution is 7.92. The first-order valence-electron chi connectivity index (χ1n) is 8.32. The van der Waals surface area contributed by atoms with Gasteiger partial charge >= 0.3 is 0 Å². The summed E-state index contributed by atoms with van der Waals surface area (Å²) in [5.41, 5.74) is 0.557. The number of likely N-dealkylation sites (N-methyl/N-ethyl adjacent to an activating group) is 1. The number of carbonyl (C=O) groups is 1. The largest absolute Gasteiger partial charge is 0.336 e. The fourth-order valence-electron chi connectivity index (χ4n) is 2.75. The van der Waals surface area contributed by atoms with Crippen LogP contribution in [0.1, 0.15) is 10.4 Å². The number of rotatable bonds is 4. The number of sulfonamides is 1. The highest BCUT2D eigenvalue weighted by Crippen LogP contribution is 2.24. The van der Waals surface area contributed by atoms with Crippen LogP contribution < -0.4 is 4.72 Å². The lowest BCUT2D eigenvalue weighted by molar-refractivity contribution is 0.0664. The number of hydrogen-bond acceptors (Lipinski definition) is 4. The van der Waals surface area contributed by atoms with Crippen LogP contribution in [0.3, 0.4) is 0 Å². The van der Waals surface area contributed by atoms with Gasteiger partial charge in [-0.25, -0.2) is 8.42 Å². The van der Waals surface area contributed by atoms with Gasteiger partial charge in [-0.3, -0.25) is 9.52 Å². The summed E-state index contributed by atoms with van der Waals surface area (Å²) < 4.78 is 27.8. The molecule has 2 aromatic rings. The molecular formula is C18H19Cl2N3O3S. The highest BCUT2D eigenvalue weighted by Gasteiger charge is 2.24. The van der Waals surface area contributed by atoms with Gasteiger partial charge in [-0.05, 0) is 49.5 Å². The van der Waals surface area contributed by atoms with Crippen molar-refractivity contribution in [1.29, 1.82) is 0 Å². The van der Waals surface area contributed by atoms with Crippen LogP contribution in [0.15, 0.2) is 47.4 Å². The number of carbonyl (C=O) groups excluding carboxylic acids is 1. The molecule has 1 saturated heterocycles. The van der Waals surface area contributed by atoms with Crippen molar-refractivity contribution in [2.45, 2.75) is 4.90 Å². The topological polar surface area (TPSA) is 69.7 Å². The zero-order chi connectivity index (χ0) is 19.6. The molecule has 6 nitrogen and oxygen atoms in total. The van der Waals surface area contributed by atoms with E-state index in [9.17, 15) is 13.2 Å². The summed E-state index contributed by atoms with van der Waals surface area (Å²) in [7, 11) is -1.88. The van der Waals surface area contributed by atoms with E-state index in [0.717, 1.165) is 13.1 Å². The van der Waals surface area contributed by atoms with E-state index >= 15 is 0 Å². The number of piperazine rings is 1. The van der Waals surface area contributed by atoms with Gasteiger partial charge in [0.05, 0.1) is 15.5 Å². The van der Waals surface area contributed by atoms with Crippen LogP contribution in [0.2, 0.25) is 10.0 Å². The van der Waals surface area contributed by atoms with Crippen LogP contribution in [0.4, 0.5) is 5.69 Å². The van der Waals surface area contributed by atoms with Crippen molar-refractivity contribution in [3.63, 3.8) is 0 Å². The smallest absolute Gasteiger partial charge is 0.261 e. The second kappa shape index (κ2) is 8.06. The van der Waals surface area contributed by atoms with Gasteiger partial charge in [0, 0.05) is 36.9 Å². The Morgan fingerprint density at radius 1 is 1.00 bits per heavy atom. The lowest BCUT2D eigenvalue weighted by atomic mass is 10.2. The van der Waals surface area contributed by atoms with Gasteiger partial charge in [-0.2, -0.15) is 0 Å². The molecule has 0 atom stereocenters. The van der Waals surface area contributed by atoms with E-state index in [-0.39, 0.29) is 21.4 Å². The summed E-state index contributed by atoms with van der Waals surface area (Å²) in [6.07, 6.45) is 0. The summed E-state index contributed by atoms with van der Waals surface area (Å²) >= 11 is 12.0. The zero-order valence-electron chi connectivity index (χ0n) is 14.7. The molecule has 0 unspecified atom stereocenters. The molecular weight excluding hydrogens is 409 g/mol. The monoisotopic (exact) mass is 427 g/mol. The minimum Gasteiger partial charge on any atom is -0.336 e. The summed E-state index contributed by atoms with van der Waals surface area (Å²) in [6.45, 7) is 2.68. The van der Waals surface area contributed by atoms with E-state index in [4.69, 9.17) is 23.2 Å². The first kappa shape index (κ1) is 19.9. The molecule has 3 rings (SSSR count). The molecule has 1 fully saturated rings. The zero-order valence-corrected chi connectivity index (χ0v) is 17.0. The van der Waals surface area contributed by atoms with E-state index in [1.165, 1.54) is 18.2 Å². The Kier molecular flexibility index (Phi) is 5.95. The van der Waals surface area contributed by atoms with Crippen molar-refractivity contribution in [3.8, 4) is 0 Å². The van der Waals surface area contributed by atoms with Crippen molar-refractivity contribution in [1.82, 2.24) is 9.80 Å². The predicted octanol–water partition coefficient (Wildman–Crippen LogP) is 3.18. The third-order valence-corrected chi connectivity index (χ3v) is 6.33. The predicted molar refractivity (Wildman–Crippen MR) is 107 cm³/mol. The number of halogens is 2. The Balaban J connectivity index is 1.85. The van der Waals surface area contributed by atoms with Crippen LogP contribution in [-0.4, -0.2) is 57.4 Å². The first-order chi connectivity index (χ1) is 12.8. The Morgan fingerprint density at radius 2 is 1.63 bits per heavy atom. The fourth-order valence-corrected chi connectivity index (χ4v) is 4.16. The van der Waals surface area contributed by atoms with Gasteiger partial charge in [0.25, 0.3) is 15.9 Å². The lowest BCUT2D eigenvalue weighted by Gasteiger charge is -2.32. The molecule has 27 heavy (non-hydrogen) atoms. The van der Waals surface area contributed by atoms with Gasteiger partial charge in [0.15, 0.2) is 0 Å². The van der Waals surface area contributed by atoms with Gasteiger partial charge in [-0.1, -0.05) is 23.2 Å². The van der Waals surface area contributed by atoms with Gasteiger partial charge in [-0.15, -0.1) is 0 Å². The molecule has 0 aromatic heterocycles. The summed E-state index contributed by atoms with van der Waals surface area (Å²) in [5.74, 6) is -0.267. The molecule has 0 radical (unpaired) electrons. The Hall–Kier alpha value is -1.80. The molecule has 0 bridgehead atoms.